The third-order valence-corrected chi connectivity index (χ3v) is 5.47. The summed E-state index contributed by atoms with van der Waals surface area (Å²) >= 11 is 1.98. The topological polar surface area (TPSA) is 12.0 Å². The summed E-state index contributed by atoms with van der Waals surface area (Å²) in [6, 6.07) is 5.18. The van der Waals surface area contributed by atoms with Crippen molar-refractivity contribution in [2.75, 3.05) is 7.05 Å². The van der Waals surface area contributed by atoms with Crippen molar-refractivity contribution in [2.45, 2.75) is 52.0 Å². The minimum absolute atomic E-state index is 0.282. The Labute approximate surface area is 110 Å². The molecule has 1 aliphatic rings. The lowest BCUT2D eigenvalue weighted by Crippen LogP contribution is -2.23. The van der Waals surface area contributed by atoms with Gasteiger partial charge in [0.05, 0.1) is 0 Å². The fourth-order valence-electron chi connectivity index (χ4n) is 2.48. The van der Waals surface area contributed by atoms with Crippen molar-refractivity contribution in [1.82, 2.24) is 5.32 Å². The molecule has 1 N–H and O–H groups in total. The molecule has 1 aliphatic carbocycles. The molecule has 0 spiro atoms. The lowest BCUT2D eigenvalue weighted by atomic mass is 9.94. The summed E-state index contributed by atoms with van der Waals surface area (Å²) in [5, 5.41) is 3.51. The molecule has 96 valence electrons. The average molecular weight is 251 g/mol. The van der Waals surface area contributed by atoms with Crippen molar-refractivity contribution in [3.63, 3.8) is 0 Å². The van der Waals surface area contributed by atoms with Crippen LogP contribution in [0.5, 0.6) is 0 Å². The van der Waals surface area contributed by atoms with Gasteiger partial charge in [0.1, 0.15) is 0 Å². The second-order valence-corrected chi connectivity index (χ2v) is 7.53. The van der Waals surface area contributed by atoms with Gasteiger partial charge >= 0.3 is 0 Å². The molecule has 1 nitrogen and oxygen atoms in total. The van der Waals surface area contributed by atoms with Crippen LogP contribution in [0.2, 0.25) is 0 Å². The lowest BCUT2D eigenvalue weighted by molar-refractivity contribution is 0.374. The zero-order valence-electron chi connectivity index (χ0n) is 11.7. The first-order valence-corrected chi connectivity index (χ1v) is 7.52. The van der Waals surface area contributed by atoms with Crippen LogP contribution in [0.3, 0.4) is 0 Å². The first-order valence-electron chi connectivity index (χ1n) is 6.71. The van der Waals surface area contributed by atoms with E-state index in [1.165, 1.54) is 22.6 Å². The maximum atomic E-state index is 3.51. The summed E-state index contributed by atoms with van der Waals surface area (Å²) in [5.41, 5.74) is 0.282. The van der Waals surface area contributed by atoms with E-state index in [1.54, 1.807) is 0 Å². The number of hydrogen-bond acceptors (Lipinski definition) is 2. The van der Waals surface area contributed by atoms with Gasteiger partial charge in [-0.05, 0) is 49.3 Å². The van der Waals surface area contributed by atoms with E-state index in [0.29, 0.717) is 6.04 Å². The summed E-state index contributed by atoms with van der Waals surface area (Å²) in [5.74, 6) is 1.72. The van der Waals surface area contributed by atoms with Gasteiger partial charge in [0.15, 0.2) is 0 Å². The van der Waals surface area contributed by atoms with E-state index in [0.717, 1.165) is 11.8 Å². The maximum Gasteiger partial charge on any atom is 0.0441 e. The van der Waals surface area contributed by atoms with Crippen molar-refractivity contribution < 1.29 is 0 Å². The highest BCUT2D eigenvalue weighted by Crippen LogP contribution is 2.44. The quantitative estimate of drug-likeness (QED) is 0.839. The predicted molar refractivity (Wildman–Crippen MR) is 76.7 cm³/mol. The Morgan fingerprint density at radius 3 is 2.35 bits per heavy atom. The Morgan fingerprint density at radius 1 is 1.29 bits per heavy atom. The van der Waals surface area contributed by atoms with Crippen LogP contribution >= 0.6 is 11.3 Å². The summed E-state index contributed by atoms with van der Waals surface area (Å²) in [6.45, 7) is 9.28. The molecule has 1 saturated carbocycles. The van der Waals surface area contributed by atoms with Gasteiger partial charge < -0.3 is 5.32 Å². The monoisotopic (exact) mass is 251 g/mol. The molecular formula is C15H25NS. The van der Waals surface area contributed by atoms with E-state index >= 15 is 0 Å². The van der Waals surface area contributed by atoms with Crippen LogP contribution in [0.4, 0.5) is 0 Å². The van der Waals surface area contributed by atoms with E-state index < -0.39 is 0 Å². The van der Waals surface area contributed by atoms with E-state index in [1.807, 2.05) is 11.3 Å². The van der Waals surface area contributed by atoms with Gasteiger partial charge in [-0.2, -0.15) is 0 Å². The van der Waals surface area contributed by atoms with E-state index in [-0.39, 0.29) is 5.41 Å². The third kappa shape index (κ3) is 2.92. The molecule has 1 fully saturated rings. The molecule has 2 atom stereocenters. The SMILES string of the molecule is CNC(c1ccc(C(C)(C)C)s1)C(C)C1CC1. The molecule has 0 bridgehead atoms. The standard InChI is InChI=1S/C15H25NS/c1-10(11-6-7-11)14(16-5)12-8-9-13(17-12)15(2,3)4/h8-11,14,16H,6-7H2,1-5H3. The third-order valence-electron chi connectivity index (χ3n) is 3.87. The Kier molecular flexibility index (Phi) is 3.65. The van der Waals surface area contributed by atoms with Crippen LogP contribution in [0.1, 0.15) is 56.3 Å². The van der Waals surface area contributed by atoms with Crippen LogP contribution in [0.15, 0.2) is 12.1 Å². The largest absolute Gasteiger partial charge is 0.312 e. The smallest absolute Gasteiger partial charge is 0.0441 e. The molecule has 0 amide bonds. The van der Waals surface area contributed by atoms with Crippen LogP contribution < -0.4 is 5.32 Å². The van der Waals surface area contributed by atoms with Crippen molar-refractivity contribution in [3.05, 3.63) is 21.9 Å². The Hall–Kier alpha value is -0.340. The highest BCUT2D eigenvalue weighted by Gasteiger charge is 2.34. The van der Waals surface area contributed by atoms with Crippen molar-refractivity contribution in [3.8, 4) is 0 Å². The average Bonchev–Trinajstić information content (AvgIpc) is 2.97. The fourth-order valence-corrected chi connectivity index (χ4v) is 3.77. The molecule has 2 unspecified atom stereocenters. The van der Waals surface area contributed by atoms with Crippen molar-refractivity contribution >= 4 is 11.3 Å². The lowest BCUT2D eigenvalue weighted by Gasteiger charge is -2.22. The first-order chi connectivity index (χ1) is 7.93. The first kappa shape index (κ1) is 13.1. The summed E-state index contributed by atoms with van der Waals surface area (Å²) < 4.78 is 0. The zero-order valence-corrected chi connectivity index (χ0v) is 12.5. The highest BCUT2D eigenvalue weighted by molar-refractivity contribution is 7.12. The highest BCUT2D eigenvalue weighted by atomic mass is 32.1. The van der Waals surface area contributed by atoms with Crippen molar-refractivity contribution in [1.29, 1.82) is 0 Å². The molecule has 0 radical (unpaired) electrons. The predicted octanol–water partition coefficient (Wildman–Crippen LogP) is 4.35. The minimum atomic E-state index is 0.282. The minimum Gasteiger partial charge on any atom is -0.312 e. The van der Waals surface area contributed by atoms with Crippen LogP contribution in [-0.4, -0.2) is 7.05 Å². The normalized spacial score (nSPS) is 20.3. The summed E-state index contributed by atoms with van der Waals surface area (Å²) in [6.07, 6.45) is 2.85. The molecule has 17 heavy (non-hydrogen) atoms. The number of thiophene rings is 1. The Balaban J connectivity index is 2.16. The van der Waals surface area contributed by atoms with E-state index in [4.69, 9.17) is 0 Å². The van der Waals surface area contributed by atoms with Crippen molar-refractivity contribution in [2.24, 2.45) is 11.8 Å². The molecule has 2 heteroatoms. The molecule has 1 aromatic heterocycles. The Morgan fingerprint density at radius 2 is 1.94 bits per heavy atom. The maximum absolute atomic E-state index is 3.51. The Bertz CT molecular complexity index is 371. The molecule has 2 rings (SSSR count). The summed E-state index contributed by atoms with van der Waals surface area (Å²) in [4.78, 5) is 3.01. The van der Waals surface area contributed by atoms with Gasteiger partial charge in [-0.25, -0.2) is 0 Å². The van der Waals surface area contributed by atoms with Gasteiger partial charge in [0.2, 0.25) is 0 Å². The van der Waals surface area contributed by atoms with Gasteiger partial charge in [-0.3, -0.25) is 0 Å². The summed E-state index contributed by atoms with van der Waals surface area (Å²) in [7, 11) is 2.10. The number of rotatable bonds is 4. The molecular weight excluding hydrogens is 226 g/mol. The van der Waals surface area contributed by atoms with Crippen LogP contribution in [-0.2, 0) is 5.41 Å². The fraction of sp³-hybridized carbons (Fsp3) is 0.733. The number of nitrogens with one attached hydrogen (secondary N) is 1. The molecule has 1 heterocycles. The second-order valence-electron chi connectivity index (χ2n) is 6.41. The molecule has 0 aliphatic heterocycles. The second kappa shape index (κ2) is 4.74. The molecule has 0 saturated heterocycles. The van der Waals surface area contributed by atoms with Gasteiger partial charge in [-0.15, -0.1) is 11.3 Å². The van der Waals surface area contributed by atoms with E-state index in [9.17, 15) is 0 Å². The van der Waals surface area contributed by atoms with E-state index in [2.05, 4.69) is 52.2 Å². The molecule has 0 aromatic carbocycles. The zero-order chi connectivity index (χ0) is 12.6. The van der Waals surface area contributed by atoms with Gasteiger partial charge in [-0.1, -0.05) is 27.7 Å². The molecule has 1 aromatic rings. The van der Waals surface area contributed by atoms with Crippen LogP contribution in [0.25, 0.3) is 0 Å². The number of hydrogen-bond donors (Lipinski definition) is 1. The van der Waals surface area contributed by atoms with Gasteiger partial charge in [0, 0.05) is 15.8 Å². The van der Waals surface area contributed by atoms with Gasteiger partial charge in [0.25, 0.3) is 0 Å². The van der Waals surface area contributed by atoms with Crippen LogP contribution in [0, 0.1) is 11.8 Å².